The number of pyridine rings is 1. The van der Waals surface area contributed by atoms with Crippen LogP contribution in [0.25, 0.3) is 33.1 Å². The Bertz CT molecular complexity index is 1410. The molecule has 0 radical (unpaired) electrons. The molecule has 2 aromatic heterocycles. The molecule has 0 amide bonds. The first-order valence-corrected chi connectivity index (χ1v) is 10.9. The average molecular weight is 437 g/mol. The molecule has 0 unspecified atom stereocenters. The molecule has 6 heteroatoms. The average Bonchev–Trinajstić information content (AvgIpc) is 3.25. The van der Waals surface area contributed by atoms with Crippen LogP contribution in [0.4, 0.5) is 5.82 Å². The summed E-state index contributed by atoms with van der Waals surface area (Å²) in [4.78, 5) is 25.7. The highest BCUT2D eigenvalue weighted by atomic mass is 16.4. The van der Waals surface area contributed by atoms with Crippen molar-refractivity contribution < 1.29 is 9.90 Å². The molecule has 0 aliphatic rings. The van der Waals surface area contributed by atoms with Gasteiger partial charge in [-0.15, -0.1) is 0 Å². The SMILES string of the molecule is CN(CC(=O)O)c1cc(-c2ccccc2)c2cc(CCc3nc4ccccc4[nH]3)ccc2n1. The van der Waals surface area contributed by atoms with Gasteiger partial charge < -0.3 is 15.0 Å². The lowest BCUT2D eigenvalue weighted by atomic mass is 9.98. The van der Waals surface area contributed by atoms with Crippen LogP contribution in [0, 0.1) is 0 Å². The molecular weight excluding hydrogens is 412 g/mol. The number of aromatic nitrogens is 3. The molecule has 0 aliphatic heterocycles. The third-order valence-electron chi connectivity index (χ3n) is 5.80. The van der Waals surface area contributed by atoms with Gasteiger partial charge in [0.2, 0.25) is 0 Å². The van der Waals surface area contributed by atoms with Crippen molar-refractivity contribution in [2.75, 3.05) is 18.5 Å². The van der Waals surface area contributed by atoms with Gasteiger partial charge in [0.05, 0.1) is 16.6 Å². The van der Waals surface area contributed by atoms with E-state index in [4.69, 9.17) is 4.98 Å². The zero-order chi connectivity index (χ0) is 22.8. The van der Waals surface area contributed by atoms with E-state index >= 15 is 0 Å². The predicted octanol–water partition coefficient (Wildman–Crippen LogP) is 5.08. The van der Waals surface area contributed by atoms with Gasteiger partial charge in [0.25, 0.3) is 0 Å². The van der Waals surface area contributed by atoms with Crippen molar-refractivity contribution in [3.05, 3.63) is 90.3 Å². The van der Waals surface area contributed by atoms with Crippen LogP contribution in [0.1, 0.15) is 11.4 Å². The number of H-pyrrole nitrogens is 1. The number of para-hydroxylation sites is 2. The van der Waals surface area contributed by atoms with Crippen LogP contribution in [-0.2, 0) is 17.6 Å². The molecule has 2 heterocycles. The standard InChI is InChI=1S/C27H24N4O2/c1-31(17-27(32)33)26-16-20(19-7-3-2-4-8-19)21-15-18(11-13-22(21)30-26)12-14-25-28-23-9-5-6-10-24(23)29-25/h2-11,13,15-16H,12,14,17H2,1H3,(H,28,29)(H,32,33). The lowest BCUT2D eigenvalue weighted by molar-refractivity contribution is -0.135. The summed E-state index contributed by atoms with van der Waals surface area (Å²) in [6, 6.07) is 26.5. The predicted molar refractivity (Wildman–Crippen MR) is 132 cm³/mol. The molecule has 2 N–H and O–H groups in total. The smallest absolute Gasteiger partial charge is 0.323 e. The second-order valence-electron chi connectivity index (χ2n) is 8.20. The van der Waals surface area contributed by atoms with Gasteiger partial charge in [-0.3, -0.25) is 4.79 Å². The molecule has 0 saturated carbocycles. The molecule has 33 heavy (non-hydrogen) atoms. The summed E-state index contributed by atoms with van der Waals surface area (Å²) in [6.07, 6.45) is 1.67. The Morgan fingerprint density at radius 2 is 1.70 bits per heavy atom. The number of carboxylic acid groups (broad SMARTS) is 1. The third-order valence-corrected chi connectivity index (χ3v) is 5.80. The number of hydrogen-bond acceptors (Lipinski definition) is 4. The quantitative estimate of drug-likeness (QED) is 0.372. The van der Waals surface area contributed by atoms with E-state index in [0.717, 1.165) is 51.7 Å². The first-order chi connectivity index (χ1) is 16.1. The minimum Gasteiger partial charge on any atom is -0.480 e. The van der Waals surface area contributed by atoms with Gasteiger partial charge in [0.1, 0.15) is 18.2 Å². The normalized spacial score (nSPS) is 11.2. The fourth-order valence-corrected chi connectivity index (χ4v) is 4.14. The van der Waals surface area contributed by atoms with Crippen molar-refractivity contribution in [1.82, 2.24) is 15.0 Å². The molecule has 5 rings (SSSR count). The monoisotopic (exact) mass is 436 g/mol. The number of likely N-dealkylation sites (N-methyl/N-ethyl adjacent to an activating group) is 1. The number of carbonyl (C=O) groups is 1. The number of imidazole rings is 1. The van der Waals surface area contributed by atoms with Crippen molar-refractivity contribution in [3.8, 4) is 11.1 Å². The van der Waals surface area contributed by atoms with Crippen LogP contribution in [-0.4, -0.2) is 39.6 Å². The molecular formula is C27H24N4O2. The maximum atomic E-state index is 11.2. The van der Waals surface area contributed by atoms with Gasteiger partial charge >= 0.3 is 5.97 Å². The van der Waals surface area contributed by atoms with Crippen molar-refractivity contribution in [2.24, 2.45) is 0 Å². The van der Waals surface area contributed by atoms with E-state index in [-0.39, 0.29) is 6.54 Å². The molecule has 5 aromatic rings. The molecule has 0 spiro atoms. The number of aliphatic carboxylic acids is 1. The lowest BCUT2D eigenvalue weighted by Gasteiger charge is -2.18. The van der Waals surface area contributed by atoms with E-state index in [1.165, 1.54) is 5.56 Å². The van der Waals surface area contributed by atoms with E-state index in [9.17, 15) is 9.90 Å². The minimum absolute atomic E-state index is 0.109. The topological polar surface area (TPSA) is 82.1 Å². The Morgan fingerprint density at radius 3 is 2.48 bits per heavy atom. The molecule has 0 fully saturated rings. The summed E-state index contributed by atoms with van der Waals surface area (Å²) < 4.78 is 0. The highest BCUT2D eigenvalue weighted by molar-refractivity contribution is 5.96. The van der Waals surface area contributed by atoms with E-state index in [1.807, 2.05) is 54.6 Å². The summed E-state index contributed by atoms with van der Waals surface area (Å²) in [6.45, 7) is -0.109. The Hall–Kier alpha value is -4.19. The van der Waals surface area contributed by atoms with Gasteiger partial charge in [-0.25, -0.2) is 9.97 Å². The second kappa shape index (κ2) is 8.74. The maximum absolute atomic E-state index is 11.2. The number of benzene rings is 3. The van der Waals surface area contributed by atoms with E-state index < -0.39 is 5.97 Å². The first-order valence-electron chi connectivity index (χ1n) is 10.9. The number of carboxylic acids is 1. The molecule has 0 bridgehead atoms. The summed E-state index contributed by atoms with van der Waals surface area (Å²) >= 11 is 0. The highest BCUT2D eigenvalue weighted by Crippen LogP contribution is 2.32. The van der Waals surface area contributed by atoms with Crippen molar-refractivity contribution in [1.29, 1.82) is 0 Å². The van der Waals surface area contributed by atoms with Gasteiger partial charge in [0, 0.05) is 18.9 Å². The minimum atomic E-state index is -0.887. The number of aryl methyl sites for hydroxylation is 2. The molecule has 0 atom stereocenters. The summed E-state index contributed by atoms with van der Waals surface area (Å²) in [7, 11) is 1.75. The number of nitrogens with one attached hydrogen (secondary N) is 1. The Kier molecular flexibility index (Phi) is 5.48. The second-order valence-corrected chi connectivity index (χ2v) is 8.20. The van der Waals surface area contributed by atoms with E-state index in [0.29, 0.717) is 5.82 Å². The largest absolute Gasteiger partial charge is 0.480 e. The Balaban J connectivity index is 1.50. The van der Waals surface area contributed by atoms with Crippen LogP contribution in [0.15, 0.2) is 78.9 Å². The van der Waals surface area contributed by atoms with Crippen LogP contribution in [0.3, 0.4) is 0 Å². The summed E-state index contributed by atoms with van der Waals surface area (Å²) in [5.74, 6) is 0.726. The Labute approximate surface area is 191 Å². The molecule has 164 valence electrons. The summed E-state index contributed by atoms with van der Waals surface area (Å²) in [5.41, 5.74) is 6.20. The fourth-order valence-electron chi connectivity index (χ4n) is 4.14. The number of hydrogen-bond donors (Lipinski definition) is 2. The number of rotatable bonds is 7. The number of anilines is 1. The van der Waals surface area contributed by atoms with Gasteiger partial charge in [-0.05, 0) is 53.4 Å². The fraction of sp³-hybridized carbons (Fsp3) is 0.148. The zero-order valence-electron chi connectivity index (χ0n) is 18.3. The number of fused-ring (bicyclic) bond motifs is 2. The van der Waals surface area contributed by atoms with Crippen LogP contribution in [0.5, 0.6) is 0 Å². The molecule has 3 aromatic carbocycles. The van der Waals surface area contributed by atoms with Crippen molar-refractivity contribution in [2.45, 2.75) is 12.8 Å². The molecule has 0 aliphatic carbocycles. The Morgan fingerprint density at radius 1 is 0.909 bits per heavy atom. The molecule has 6 nitrogen and oxygen atoms in total. The van der Waals surface area contributed by atoms with Crippen LogP contribution >= 0.6 is 0 Å². The maximum Gasteiger partial charge on any atom is 0.323 e. The highest BCUT2D eigenvalue weighted by Gasteiger charge is 2.13. The van der Waals surface area contributed by atoms with Gasteiger partial charge in [0.15, 0.2) is 0 Å². The van der Waals surface area contributed by atoms with Crippen molar-refractivity contribution >= 4 is 33.7 Å². The molecule has 0 saturated heterocycles. The van der Waals surface area contributed by atoms with E-state index in [1.54, 1.807) is 11.9 Å². The lowest BCUT2D eigenvalue weighted by Crippen LogP contribution is -2.26. The zero-order valence-corrected chi connectivity index (χ0v) is 18.3. The third kappa shape index (κ3) is 4.41. The van der Waals surface area contributed by atoms with Crippen LogP contribution < -0.4 is 4.90 Å². The van der Waals surface area contributed by atoms with Gasteiger partial charge in [-0.2, -0.15) is 0 Å². The van der Waals surface area contributed by atoms with E-state index in [2.05, 4.69) is 34.2 Å². The van der Waals surface area contributed by atoms with Gasteiger partial charge in [-0.1, -0.05) is 48.5 Å². The first kappa shape index (κ1) is 20.7. The summed E-state index contributed by atoms with van der Waals surface area (Å²) in [5, 5.41) is 10.3. The van der Waals surface area contributed by atoms with Crippen molar-refractivity contribution in [3.63, 3.8) is 0 Å². The number of aromatic amines is 1. The van der Waals surface area contributed by atoms with Crippen LogP contribution in [0.2, 0.25) is 0 Å². The number of nitrogens with zero attached hydrogens (tertiary/aromatic N) is 3.